The van der Waals surface area contributed by atoms with E-state index in [-0.39, 0.29) is 39.9 Å². The van der Waals surface area contributed by atoms with E-state index in [1.54, 1.807) is 11.0 Å². The molecule has 0 aliphatic heterocycles. The van der Waals surface area contributed by atoms with Gasteiger partial charge in [-0.3, -0.25) is 4.79 Å². The molecule has 0 N–H and O–H groups in total. The number of carbonyl (C=O) groups excluding carboxylic acids is 1. The lowest BCUT2D eigenvalue weighted by Crippen LogP contribution is -2.42. The molecule has 0 radical (unpaired) electrons. The molecule has 0 heterocycles. The third-order valence-corrected chi connectivity index (χ3v) is 8.92. The van der Waals surface area contributed by atoms with Gasteiger partial charge in [-0.25, -0.2) is 8.42 Å². The van der Waals surface area contributed by atoms with Crippen molar-refractivity contribution in [1.29, 1.82) is 0 Å². The Morgan fingerprint density at radius 2 is 1.50 bits per heavy atom. The molecule has 1 unspecified atom stereocenters. The van der Waals surface area contributed by atoms with E-state index in [1.807, 2.05) is 74.5 Å². The fourth-order valence-corrected chi connectivity index (χ4v) is 6.40. The van der Waals surface area contributed by atoms with E-state index in [9.17, 15) is 13.2 Å². The molecule has 1 amide bonds. The van der Waals surface area contributed by atoms with Gasteiger partial charge < -0.3 is 4.90 Å². The van der Waals surface area contributed by atoms with Crippen LogP contribution in [-0.2, 0) is 27.8 Å². The number of nitrogens with zero attached hydrogens (tertiary/aromatic N) is 2. The zero-order chi connectivity index (χ0) is 26.1. The number of halogens is 2. The summed E-state index contributed by atoms with van der Waals surface area (Å²) in [6.45, 7) is 4.79. The highest BCUT2D eigenvalue weighted by Gasteiger charge is 2.31. The summed E-state index contributed by atoms with van der Waals surface area (Å²) in [7, 11) is -3.95. The Kier molecular flexibility index (Phi) is 10.4. The van der Waals surface area contributed by atoms with Crippen LogP contribution in [0.15, 0.2) is 83.8 Å². The molecule has 0 aromatic heterocycles. The maximum absolute atomic E-state index is 13.5. The van der Waals surface area contributed by atoms with Gasteiger partial charge in [0.15, 0.2) is 0 Å². The third kappa shape index (κ3) is 7.56. The fraction of sp³-hybridized carbons (Fsp3) is 0.321. The third-order valence-electron chi connectivity index (χ3n) is 6.19. The molecule has 8 heteroatoms. The Morgan fingerprint density at radius 3 is 2.11 bits per heavy atom. The van der Waals surface area contributed by atoms with Gasteiger partial charge in [-0.1, -0.05) is 90.8 Å². The lowest BCUT2D eigenvalue weighted by molar-refractivity contribution is -0.132. The maximum Gasteiger partial charge on any atom is 0.244 e. The van der Waals surface area contributed by atoms with Gasteiger partial charge in [0.2, 0.25) is 15.9 Å². The first-order valence-corrected chi connectivity index (χ1v) is 14.2. The summed E-state index contributed by atoms with van der Waals surface area (Å²) in [6, 6.07) is 23.9. The molecule has 0 fully saturated rings. The van der Waals surface area contributed by atoms with Crippen LogP contribution in [0.25, 0.3) is 0 Å². The number of hydrogen-bond acceptors (Lipinski definition) is 3. The average molecular weight is 548 g/mol. The zero-order valence-electron chi connectivity index (χ0n) is 20.6. The number of rotatable bonds is 12. The van der Waals surface area contributed by atoms with Gasteiger partial charge in [0.25, 0.3) is 0 Å². The predicted octanol–water partition coefficient (Wildman–Crippen LogP) is 6.44. The minimum Gasteiger partial charge on any atom is -0.338 e. The minimum atomic E-state index is -3.95. The summed E-state index contributed by atoms with van der Waals surface area (Å²) < 4.78 is 28.5. The van der Waals surface area contributed by atoms with E-state index in [0.29, 0.717) is 25.9 Å². The summed E-state index contributed by atoms with van der Waals surface area (Å²) in [6.07, 6.45) is 1.36. The molecule has 0 saturated heterocycles. The van der Waals surface area contributed by atoms with Gasteiger partial charge in [0, 0.05) is 37.1 Å². The Labute approximate surface area is 224 Å². The molecule has 0 saturated carbocycles. The highest BCUT2D eigenvalue weighted by Crippen LogP contribution is 2.29. The van der Waals surface area contributed by atoms with Crippen molar-refractivity contribution < 1.29 is 13.2 Å². The summed E-state index contributed by atoms with van der Waals surface area (Å²) in [5.74, 6) is -0.101. The molecule has 3 rings (SSSR count). The second kappa shape index (κ2) is 13.2. The lowest BCUT2D eigenvalue weighted by atomic mass is 10.1. The topological polar surface area (TPSA) is 57.7 Å². The highest BCUT2D eigenvalue weighted by molar-refractivity contribution is 7.89. The number of amides is 1. The SMILES string of the molecule is CCC(C)N(CCC(=O)N(CCc1ccccc1)Cc1ccccc1)S(=O)(=O)c1cc(Cl)ccc1Cl. The smallest absolute Gasteiger partial charge is 0.244 e. The van der Waals surface area contributed by atoms with Crippen LogP contribution in [0.2, 0.25) is 10.0 Å². The van der Waals surface area contributed by atoms with E-state index in [4.69, 9.17) is 23.2 Å². The van der Waals surface area contributed by atoms with Crippen molar-refractivity contribution in [1.82, 2.24) is 9.21 Å². The molecule has 3 aromatic carbocycles. The molecule has 5 nitrogen and oxygen atoms in total. The second-order valence-corrected chi connectivity index (χ2v) is 11.4. The molecular formula is C28H32Cl2N2O3S. The fourth-order valence-electron chi connectivity index (χ4n) is 3.95. The summed E-state index contributed by atoms with van der Waals surface area (Å²) in [5, 5.41) is 0.390. The lowest BCUT2D eigenvalue weighted by Gasteiger charge is -2.29. The first-order valence-electron chi connectivity index (χ1n) is 12.0. The first kappa shape index (κ1) is 28.2. The molecule has 0 aliphatic carbocycles. The van der Waals surface area contributed by atoms with Crippen molar-refractivity contribution >= 4 is 39.1 Å². The Morgan fingerprint density at radius 1 is 0.889 bits per heavy atom. The Balaban J connectivity index is 1.79. The molecule has 192 valence electrons. The van der Waals surface area contributed by atoms with E-state index in [2.05, 4.69) is 0 Å². The Bertz CT molecular complexity index is 1240. The van der Waals surface area contributed by atoms with Crippen LogP contribution in [-0.4, -0.2) is 42.7 Å². The zero-order valence-corrected chi connectivity index (χ0v) is 22.9. The Hall–Kier alpha value is -2.38. The number of carbonyl (C=O) groups is 1. The molecular weight excluding hydrogens is 515 g/mol. The highest BCUT2D eigenvalue weighted by atomic mass is 35.5. The average Bonchev–Trinajstić information content (AvgIpc) is 2.88. The van der Waals surface area contributed by atoms with Crippen molar-refractivity contribution in [3.8, 4) is 0 Å². The second-order valence-electron chi connectivity index (χ2n) is 8.73. The molecule has 1 atom stereocenters. The summed E-state index contributed by atoms with van der Waals surface area (Å²) in [4.78, 5) is 15.2. The van der Waals surface area contributed by atoms with Crippen LogP contribution >= 0.6 is 23.2 Å². The van der Waals surface area contributed by atoms with Crippen molar-refractivity contribution in [2.45, 2.75) is 50.6 Å². The van der Waals surface area contributed by atoms with E-state index >= 15 is 0 Å². The molecule has 3 aromatic rings. The number of hydrogen-bond donors (Lipinski definition) is 0. The van der Waals surface area contributed by atoms with Gasteiger partial charge in [-0.05, 0) is 49.1 Å². The van der Waals surface area contributed by atoms with E-state index in [1.165, 1.54) is 16.4 Å². The number of sulfonamides is 1. The molecule has 0 aliphatic rings. The molecule has 36 heavy (non-hydrogen) atoms. The van der Waals surface area contributed by atoms with Crippen LogP contribution in [0.4, 0.5) is 0 Å². The van der Waals surface area contributed by atoms with Gasteiger partial charge in [0.1, 0.15) is 4.90 Å². The van der Waals surface area contributed by atoms with Crippen LogP contribution < -0.4 is 0 Å². The maximum atomic E-state index is 13.5. The van der Waals surface area contributed by atoms with Gasteiger partial charge >= 0.3 is 0 Å². The normalized spacial score (nSPS) is 12.5. The van der Waals surface area contributed by atoms with Crippen LogP contribution in [0.3, 0.4) is 0 Å². The van der Waals surface area contributed by atoms with Crippen LogP contribution in [0.5, 0.6) is 0 Å². The van der Waals surface area contributed by atoms with Gasteiger partial charge in [-0.15, -0.1) is 0 Å². The number of benzene rings is 3. The molecule has 0 spiro atoms. The van der Waals surface area contributed by atoms with E-state index in [0.717, 1.165) is 11.1 Å². The standard InChI is InChI=1S/C28H32Cl2N2O3S/c1-3-22(2)32(36(34,35)27-20-25(29)14-15-26(27)30)19-17-28(33)31(21-24-12-8-5-9-13-24)18-16-23-10-6-4-7-11-23/h4-15,20,22H,3,16-19,21H2,1-2H3. The quantitative estimate of drug-likeness (QED) is 0.262. The first-order chi connectivity index (χ1) is 17.2. The largest absolute Gasteiger partial charge is 0.338 e. The molecule has 0 bridgehead atoms. The van der Waals surface area contributed by atoms with Gasteiger partial charge in [0.05, 0.1) is 5.02 Å². The van der Waals surface area contributed by atoms with Crippen LogP contribution in [0, 0.1) is 0 Å². The van der Waals surface area contributed by atoms with Crippen LogP contribution in [0.1, 0.15) is 37.8 Å². The van der Waals surface area contributed by atoms with Crippen molar-refractivity contribution in [3.63, 3.8) is 0 Å². The van der Waals surface area contributed by atoms with E-state index < -0.39 is 10.0 Å². The predicted molar refractivity (Wildman–Crippen MR) is 147 cm³/mol. The summed E-state index contributed by atoms with van der Waals surface area (Å²) in [5.41, 5.74) is 2.17. The van der Waals surface area contributed by atoms with Crippen molar-refractivity contribution in [2.75, 3.05) is 13.1 Å². The van der Waals surface area contributed by atoms with Crippen molar-refractivity contribution in [2.24, 2.45) is 0 Å². The minimum absolute atomic E-state index is 0.0466. The van der Waals surface area contributed by atoms with Gasteiger partial charge in [-0.2, -0.15) is 4.31 Å². The summed E-state index contributed by atoms with van der Waals surface area (Å²) >= 11 is 12.3. The monoisotopic (exact) mass is 546 g/mol. The van der Waals surface area contributed by atoms with Crippen molar-refractivity contribution in [3.05, 3.63) is 100 Å².